The van der Waals surface area contributed by atoms with Crippen LogP contribution in [0, 0.1) is 12.8 Å². The first-order chi connectivity index (χ1) is 10.1. The molecule has 1 fully saturated rings. The number of nitrogens with zero attached hydrogens (tertiary/aromatic N) is 2. The lowest BCUT2D eigenvalue weighted by molar-refractivity contribution is 0.678. The van der Waals surface area contributed by atoms with Crippen LogP contribution < -0.4 is 10.2 Å². The second-order valence-corrected chi connectivity index (χ2v) is 6.14. The molecule has 1 atom stereocenters. The van der Waals surface area contributed by atoms with Gasteiger partial charge < -0.3 is 10.2 Å². The molecule has 0 aliphatic heterocycles. The van der Waals surface area contributed by atoms with Crippen molar-refractivity contribution in [3.8, 4) is 0 Å². The van der Waals surface area contributed by atoms with Gasteiger partial charge in [0.05, 0.1) is 11.7 Å². The number of anilines is 2. The quantitative estimate of drug-likeness (QED) is 0.897. The third-order valence-electron chi connectivity index (χ3n) is 4.05. The summed E-state index contributed by atoms with van der Waals surface area (Å²) in [5, 5.41) is 3.72. The van der Waals surface area contributed by atoms with Crippen LogP contribution in [0.25, 0.3) is 0 Å². The number of aryl methyl sites for hydroxylation is 1. The van der Waals surface area contributed by atoms with Crippen LogP contribution in [-0.4, -0.2) is 19.1 Å². The fourth-order valence-corrected chi connectivity index (χ4v) is 2.71. The van der Waals surface area contributed by atoms with Crippen LogP contribution in [-0.2, 0) is 0 Å². The van der Waals surface area contributed by atoms with Crippen molar-refractivity contribution in [1.29, 1.82) is 0 Å². The van der Waals surface area contributed by atoms with E-state index in [9.17, 15) is 0 Å². The van der Waals surface area contributed by atoms with Crippen molar-refractivity contribution in [2.75, 3.05) is 24.3 Å². The zero-order valence-corrected chi connectivity index (χ0v) is 13.0. The predicted octanol–water partition coefficient (Wildman–Crippen LogP) is 4.02. The third kappa shape index (κ3) is 3.18. The Kier molecular flexibility index (Phi) is 3.82. The lowest BCUT2D eigenvalue weighted by atomic mass is 10.0. The molecule has 21 heavy (non-hydrogen) atoms. The highest BCUT2D eigenvalue weighted by molar-refractivity contribution is 5.65. The summed E-state index contributed by atoms with van der Waals surface area (Å²) >= 11 is 0. The van der Waals surface area contributed by atoms with E-state index in [1.54, 1.807) is 0 Å². The van der Waals surface area contributed by atoms with E-state index in [1.807, 2.05) is 26.4 Å². The van der Waals surface area contributed by atoms with Crippen LogP contribution >= 0.6 is 0 Å². The van der Waals surface area contributed by atoms with Crippen LogP contribution in [0.3, 0.4) is 0 Å². The summed E-state index contributed by atoms with van der Waals surface area (Å²) in [5.74, 6) is 1.73. The molecule has 1 unspecified atom stereocenters. The molecule has 1 aliphatic carbocycles. The molecule has 1 aromatic heterocycles. The van der Waals surface area contributed by atoms with E-state index in [1.165, 1.54) is 24.0 Å². The van der Waals surface area contributed by atoms with Gasteiger partial charge in [-0.05, 0) is 43.4 Å². The molecule has 1 N–H and O–H groups in total. The highest BCUT2D eigenvalue weighted by atomic mass is 15.2. The second kappa shape index (κ2) is 5.76. The molecule has 110 valence electrons. The number of benzene rings is 1. The number of rotatable bonds is 5. The van der Waals surface area contributed by atoms with Crippen molar-refractivity contribution in [3.05, 3.63) is 53.7 Å². The highest BCUT2D eigenvalue weighted by Crippen LogP contribution is 2.43. The molecule has 1 saturated carbocycles. The van der Waals surface area contributed by atoms with Gasteiger partial charge >= 0.3 is 0 Å². The maximum Gasteiger partial charge on any atom is 0.151 e. The Morgan fingerprint density at radius 2 is 1.86 bits per heavy atom. The Morgan fingerprint density at radius 3 is 2.48 bits per heavy atom. The van der Waals surface area contributed by atoms with Crippen LogP contribution in [0.2, 0.25) is 0 Å². The summed E-state index contributed by atoms with van der Waals surface area (Å²) in [6.45, 7) is 2.13. The summed E-state index contributed by atoms with van der Waals surface area (Å²) in [6, 6.07) is 13.4. The molecule has 0 saturated heterocycles. The summed E-state index contributed by atoms with van der Waals surface area (Å²) in [5.41, 5.74) is 3.79. The Bertz CT molecular complexity index is 600. The zero-order chi connectivity index (χ0) is 14.8. The van der Waals surface area contributed by atoms with E-state index in [0.717, 1.165) is 17.4 Å². The molecule has 2 aromatic rings. The first-order valence-corrected chi connectivity index (χ1v) is 7.60. The molecule has 0 radical (unpaired) electrons. The lowest BCUT2D eigenvalue weighted by Gasteiger charge is -2.23. The van der Waals surface area contributed by atoms with Crippen molar-refractivity contribution in [3.63, 3.8) is 0 Å². The Morgan fingerprint density at radius 1 is 1.14 bits per heavy atom. The van der Waals surface area contributed by atoms with Gasteiger partial charge in [-0.1, -0.05) is 29.8 Å². The summed E-state index contributed by atoms with van der Waals surface area (Å²) in [7, 11) is 4.07. The van der Waals surface area contributed by atoms with Gasteiger partial charge in [-0.3, -0.25) is 0 Å². The van der Waals surface area contributed by atoms with E-state index in [-0.39, 0.29) is 0 Å². The van der Waals surface area contributed by atoms with E-state index in [4.69, 9.17) is 0 Å². The maximum absolute atomic E-state index is 4.48. The van der Waals surface area contributed by atoms with Crippen molar-refractivity contribution < 1.29 is 0 Å². The molecule has 3 heteroatoms. The van der Waals surface area contributed by atoms with Gasteiger partial charge in [-0.15, -0.1) is 0 Å². The normalized spacial score (nSPS) is 15.6. The summed E-state index contributed by atoms with van der Waals surface area (Å²) in [6.07, 6.45) is 4.46. The topological polar surface area (TPSA) is 28.2 Å². The van der Waals surface area contributed by atoms with Gasteiger partial charge in [0.1, 0.15) is 0 Å². The minimum atomic E-state index is 0.383. The zero-order valence-electron chi connectivity index (χ0n) is 13.0. The predicted molar refractivity (Wildman–Crippen MR) is 88.8 cm³/mol. The van der Waals surface area contributed by atoms with E-state index >= 15 is 0 Å². The lowest BCUT2D eigenvalue weighted by Crippen LogP contribution is -2.18. The monoisotopic (exact) mass is 281 g/mol. The number of hydrogen-bond donors (Lipinski definition) is 1. The largest absolute Gasteiger partial charge is 0.375 e. The third-order valence-corrected chi connectivity index (χ3v) is 4.05. The summed E-state index contributed by atoms with van der Waals surface area (Å²) in [4.78, 5) is 6.54. The fourth-order valence-electron chi connectivity index (χ4n) is 2.71. The van der Waals surface area contributed by atoms with Gasteiger partial charge in [0.2, 0.25) is 0 Å². The Balaban J connectivity index is 1.88. The highest BCUT2D eigenvalue weighted by Gasteiger charge is 2.32. The molecule has 1 aromatic carbocycles. The first-order valence-electron chi connectivity index (χ1n) is 7.60. The molecule has 3 nitrogen and oxygen atoms in total. The molecule has 0 spiro atoms. The van der Waals surface area contributed by atoms with Gasteiger partial charge in [-0.25, -0.2) is 4.98 Å². The minimum absolute atomic E-state index is 0.383. The van der Waals surface area contributed by atoms with Gasteiger partial charge in [0.15, 0.2) is 5.82 Å². The number of aromatic nitrogens is 1. The Hall–Kier alpha value is -2.03. The van der Waals surface area contributed by atoms with Crippen molar-refractivity contribution in [2.24, 2.45) is 5.92 Å². The number of nitrogens with one attached hydrogen (secondary N) is 1. The number of hydrogen-bond acceptors (Lipinski definition) is 3. The van der Waals surface area contributed by atoms with Crippen molar-refractivity contribution in [1.82, 2.24) is 4.98 Å². The SMILES string of the molecule is Cc1ccc(C(Nc2cccnc2N(C)C)C2CC2)cc1. The van der Waals surface area contributed by atoms with Crippen LogP contribution in [0.1, 0.15) is 30.0 Å². The van der Waals surface area contributed by atoms with Crippen LogP contribution in [0.4, 0.5) is 11.5 Å². The molecule has 0 amide bonds. The summed E-state index contributed by atoms with van der Waals surface area (Å²) < 4.78 is 0. The smallest absolute Gasteiger partial charge is 0.151 e. The molecular formula is C18H23N3. The second-order valence-electron chi connectivity index (χ2n) is 6.14. The van der Waals surface area contributed by atoms with Gasteiger partial charge in [-0.2, -0.15) is 0 Å². The molecular weight excluding hydrogens is 258 g/mol. The number of pyridine rings is 1. The van der Waals surface area contributed by atoms with Crippen molar-refractivity contribution >= 4 is 11.5 Å². The minimum Gasteiger partial charge on any atom is -0.375 e. The van der Waals surface area contributed by atoms with Crippen LogP contribution in [0.15, 0.2) is 42.6 Å². The first kappa shape index (κ1) is 13.9. The van der Waals surface area contributed by atoms with Crippen molar-refractivity contribution in [2.45, 2.75) is 25.8 Å². The van der Waals surface area contributed by atoms with E-state index in [0.29, 0.717) is 6.04 Å². The Labute approximate surface area is 127 Å². The van der Waals surface area contributed by atoms with E-state index in [2.05, 4.69) is 52.5 Å². The molecule has 0 bridgehead atoms. The van der Waals surface area contributed by atoms with Crippen LogP contribution in [0.5, 0.6) is 0 Å². The maximum atomic E-state index is 4.48. The standard InChI is InChI=1S/C18H23N3/c1-13-6-8-14(9-7-13)17(15-10-11-15)20-16-5-4-12-19-18(16)21(2)3/h4-9,12,15,17,20H,10-11H2,1-3H3. The average molecular weight is 281 g/mol. The molecule has 1 heterocycles. The molecule has 3 rings (SSSR count). The average Bonchev–Trinajstić information content (AvgIpc) is 3.31. The fraction of sp³-hybridized carbons (Fsp3) is 0.389. The van der Waals surface area contributed by atoms with E-state index < -0.39 is 0 Å². The van der Waals surface area contributed by atoms with Gasteiger partial charge in [0, 0.05) is 20.3 Å². The molecule has 1 aliphatic rings. The van der Waals surface area contributed by atoms with Gasteiger partial charge in [0.25, 0.3) is 0 Å².